The highest BCUT2D eigenvalue weighted by atomic mass is 32.2. The molecular formula is C31H29F3N6OS2. The zero-order valence-electron chi connectivity index (χ0n) is 23.7. The third-order valence-corrected chi connectivity index (χ3v) is 8.00. The molecule has 0 aliphatic carbocycles. The van der Waals surface area contributed by atoms with Gasteiger partial charge in [-0.1, -0.05) is 55.9 Å². The van der Waals surface area contributed by atoms with Crippen LogP contribution in [0.1, 0.15) is 42.0 Å². The van der Waals surface area contributed by atoms with Gasteiger partial charge in [0.15, 0.2) is 16.1 Å². The van der Waals surface area contributed by atoms with Crippen molar-refractivity contribution in [1.82, 2.24) is 20.1 Å². The summed E-state index contributed by atoms with van der Waals surface area (Å²) in [4.78, 5) is 23.4. The monoisotopic (exact) mass is 622 g/mol. The first-order chi connectivity index (χ1) is 20.5. The number of thiocarbonyl (C=S) groups is 1. The minimum absolute atomic E-state index is 0.0229. The number of anilines is 1. The third kappa shape index (κ3) is 7.14. The number of carbonyl (C=O) groups excluding carboxylic acids is 1. The van der Waals surface area contributed by atoms with Crippen molar-refractivity contribution < 1.29 is 18.0 Å². The molecule has 0 saturated carbocycles. The fraction of sp³-hybridized carbons (Fsp3) is 0.258. The van der Waals surface area contributed by atoms with Crippen LogP contribution in [0.3, 0.4) is 0 Å². The minimum Gasteiger partial charge on any atom is -0.360 e. The summed E-state index contributed by atoms with van der Waals surface area (Å²) in [5, 5.41) is 8.48. The first kappa shape index (κ1) is 30.4. The summed E-state index contributed by atoms with van der Waals surface area (Å²) in [6.45, 7) is 6.72. The smallest absolute Gasteiger partial charge is 0.360 e. The fourth-order valence-electron chi connectivity index (χ4n) is 4.65. The second kappa shape index (κ2) is 12.7. The van der Waals surface area contributed by atoms with Crippen LogP contribution in [0.25, 0.3) is 17.1 Å². The van der Waals surface area contributed by atoms with Gasteiger partial charge in [-0.25, -0.2) is 9.67 Å². The predicted octanol–water partition coefficient (Wildman–Crippen LogP) is 6.94. The molecule has 4 aromatic rings. The molecule has 3 aromatic carbocycles. The molecule has 1 aliphatic heterocycles. The molecule has 1 saturated heterocycles. The van der Waals surface area contributed by atoms with Crippen molar-refractivity contribution in [3.63, 3.8) is 0 Å². The van der Waals surface area contributed by atoms with Gasteiger partial charge in [-0.3, -0.25) is 9.69 Å². The molecule has 5 rings (SSSR count). The first-order valence-corrected chi connectivity index (χ1v) is 15.0. The largest absolute Gasteiger partial charge is 0.416 e. The maximum absolute atomic E-state index is 12.9. The summed E-state index contributed by atoms with van der Waals surface area (Å²) in [6.07, 6.45) is -2.28. The normalized spacial score (nSPS) is 14.6. The summed E-state index contributed by atoms with van der Waals surface area (Å²) in [5.74, 6) is 0.981. The molecule has 1 aromatic heterocycles. The van der Waals surface area contributed by atoms with Gasteiger partial charge in [0.25, 0.3) is 0 Å². The molecule has 0 unspecified atom stereocenters. The van der Waals surface area contributed by atoms with E-state index in [0.29, 0.717) is 40.5 Å². The van der Waals surface area contributed by atoms with Gasteiger partial charge < -0.3 is 5.32 Å². The van der Waals surface area contributed by atoms with E-state index in [1.165, 1.54) is 34.9 Å². The van der Waals surface area contributed by atoms with Gasteiger partial charge >= 0.3 is 6.18 Å². The topological polar surface area (TPSA) is 75.4 Å². The van der Waals surface area contributed by atoms with Gasteiger partial charge in [0.1, 0.15) is 6.33 Å². The zero-order chi connectivity index (χ0) is 30.7. The van der Waals surface area contributed by atoms with Crippen LogP contribution < -0.4 is 10.2 Å². The quantitative estimate of drug-likeness (QED) is 0.225. The highest BCUT2D eigenvalue weighted by Crippen LogP contribution is 2.34. The molecule has 222 valence electrons. The van der Waals surface area contributed by atoms with Crippen LogP contribution in [-0.4, -0.2) is 43.2 Å². The number of amidine groups is 1. The lowest BCUT2D eigenvalue weighted by atomic mass is 9.99. The van der Waals surface area contributed by atoms with Crippen LogP contribution in [0.2, 0.25) is 0 Å². The van der Waals surface area contributed by atoms with E-state index in [2.05, 4.69) is 40.3 Å². The van der Waals surface area contributed by atoms with E-state index in [1.54, 1.807) is 4.90 Å². The number of hydrogen-bond acceptors (Lipinski definition) is 5. The Labute approximate surface area is 257 Å². The van der Waals surface area contributed by atoms with Crippen molar-refractivity contribution in [2.75, 3.05) is 17.2 Å². The highest BCUT2D eigenvalue weighted by Gasteiger charge is 2.32. The van der Waals surface area contributed by atoms with Crippen molar-refractivity contribution >= 4 is 45.9 Å². The minimum atomic E-state index is -4.40. The van der Waals surface area contributed by atoms with E-state index >= 15 is 0 Å². The van der Waals surface area contributed by atoms with E-state index in [9.17, 15) is 18.0 Å². The molecule has 1 fully saturated rings. The molecule has 7 nitrogen and oxygen atoms in total. The maximum Gasteiger partial charge on any atom is 0.416 e. The standard InChI is InChI=1S/C31H29F3N6OS2/c1-19(2)25-12-7-20(3)15-26(25)40-27(41)17-43-30(40)37-29(42)35-14-13-21-5-4-6-22(16-21)28-36-18-39(38-28)24-10-8-23(9-11-24)31(32,33)34/h4-12,15-16,18-19H,13-14,17H2,1-3H3,(H,35,42). The molecule has 0 atom stereocenters. The zero-order valence-corrected chi connectivity index (χ0v) is 25.4. The van der Waals surface area contributed by atoms with Crippen molar-refractivity contribution in [2.45, 2.75) is 39.3 Å². The molecule has 12 heteroatoms. The molecule has 2 heterocycles. The summed E-state index contributed by atoms with van der Waals surface area (Å²) >= 11 is 6.88. The fourth-order valence-corrected chi connectivity index (χ4v) is 5.76. The average Bonchev–Trinajstić information content (AvgIpc) is 3.60. The van der Waals surface area contributed by atoms with Crippen LogP contribution in [-0.2, 0) is 17.4 Å². The maximum atomic E-state index is 12.9. The average molecular weight is 623 g/mol. The second-order valence-electron chi connectivity index (χ2n) is 10.4. The number of aliphatic imine (C=N–C) groups is 1. The van der Waals surface area contributed by atoms with E-state index in [1.807, 2.05) is 43.3 Å². The number of rotatable bonds is 7. The van der Waals surface area contributed by atoms with Gasteiger partial charge in [-0.05, 0) is 84.6 Å². The van der Waals surface area contributed by atoms with Gasteiger partial charge in [0.2, 0.25) is 5.91 Å². The van der Waals surface area contributed by atoms with Crippen LogP contribution in [0.5, 0.6) is 0 Å². The Morgan fingerprint density at radius 1 is 1.12 bits per heavy atom. The van der Waals surface area contributed by atoms with Gasteiger partial charge in [0, 0.05) is 12.1 Å². The van der Waals surface area contributed by atoms with Gasteiger partial charge in [-0.2, -0.15) is 18.2 Å². The molecule has 1 amide bonds. The Balaban J connectivity index is 1.22. The molecule has 1 aliphatic rings. The summed E-state index contributed by atoms with van der Waals surface area (Å²) in [6, 6.07) is 18.6. The lowest BCUT2D eigenvalue weighted by Gasteiger charge is -2.22. The van der Waals surface area contributed by atoms with E-state index < -0.39 is 11.7 Å². The number of aryl methyl sites for hydroxylation is 1. The van der Waals surface area contributed by atoms with Crippen molar-refractivity contribution in [3.05, 3.63) is 95.3 Å². The van der Waals surface area contributed by atoms with E-state index in [0.717, 1.165) is 40.1 Å². The molecule has 0 bridgehead atoms. The van der Waals surface area contributed by atoms with Gasteiger partial charge in [0.05, 0.1) is 22.7 Å². The number of aromatic nitrogens is 3. The number of alkyl halides is 3. The molecule has 1 N–H and O–H groups in total. The number of benzene rings is 3. The summed E-state index contributed by atoms with van der Waals surface area (Å²) < 4.78 is 40.1. The lowest BCUT2D eigenvalue weighted by molar-refractivity contribution is -0.137. The van der Waals surface area contributed by atoms with Crippen molar-refractivity contribution in [1.29, 1.82) is 0 Å². The SMILES string of the molecule is Cc1ccc(C(C)C)c(N2C(=O)CSC2=NC(=S)NCCc2cccc(-c3ncn(-c4ccc(C(F)(F)F)cc4)n3)c2)c1. The van der Waals surface area contributed by atoms with Crippen molar-refractivity contribution in [3.8, 4) is 17.1 Å². The molecule has 43 heavy (non-hydrogen) atoms. The second-order valence-corrected chi connectivity index (χ2v) is 11.7. The number of nitrogens with one attached hydrogen (secondary N) is 1. The van der Waals surface area contributed by atoms with Crippen molar-refractivity contribution in [2.24, 2.45) is 4.99 Å². The summed E-state index contributed by atoms with van der Waals surface area (Å²) in [5.41, 5.74) is 4.53. The van der Waals surface area contributed by atoms with Crippen LogP contribution in [0.15, 0.2) is 78.0 Å². The number of nitrogens with zero attached hydrogens (tertiary/aromatic N) is 5. The Kier molecular flexibility index (Phi) is 8.97. The number of amides is 1. The van der Waals surface area contributed by atoms with Gasteiger partial charge in [-0.15, -0.1) is 5.10 Å². The van der Waals surface area contributed by atoms with Crippen LogP contribution in [0.4, 0.5) is 18.9 Å². The highest BCUT2D eigenvalue weighted by molar-refractivity contribution is 8.15. The van der Waals surface area contributed by atoms with Crippen LogP contribution in [0, 0.1) is 6.92 Å². The number of halogens is 3. The molecular weight excluding hydrogens is 594 g/mol. The predicted molar refractivity (Wildman–Crippen MR) is 169 cm³/mol. The summed E-state index contributed by atoms with van der Waals surface area (Å²) in [7, 11) is 0. The number of carbonyl (C=O) groups is 1. The number of hydrogen-bond donors (Lipinski definition) is 1. The van der Waals surface area contributed by atoms with E-state index in [-0.39, 0.29) is 11.8 Å². The lowest BCUT2D eigenvalue weighted by Crippen LogP contribution is -2.32. The Hall–Kier alpha value is -4.03. The molecule has 0 spiro atoms. The van der Waals surface area contributed by atoms with Crippen LogP contribution >= 0.6 is 24.0 Å². The Bertz CT molecular complexity index is 1680. The Morgan fingerprint density at radius 3 is 2.60 bits per heavy atom. The Morgan fingerprint density at radius 2 is 1.88 bits per heavy atom. The molecule has 0 radical (unpaired) electrons. The van der Waals surface area contributed by atoms with E-state index in [4.69, 9.17) is 12.2 Å². The number of thioether (sulfide) groups is 1. The first-order valence-electron chi connectivity index (χ1n) is 13.6. The third-order valence-electron chi connectivity index (χ3n) is 6.84.